The predicted molar refractivity (Wildman–Crippen MR) is 70.3 cm³/mol. The van der Waals surface area contributed by atoms with Crippen LogP contribution in [0, 0.1) is 6.92 Å². The van der Waals surface area contributed by atoms with Crippen molar-refractivity contribution >= 4 is 17.4 Å². The van der Waals surface area contributed by atoms with E-state index in [1.54, 1.807) is 12.4 Å². The van der Waals surface area contributed by atoms with E-state index in [1.807, 2.05) is 37.3 Å². The Balaban J connectivity index is 2.19. The van der Waals surface area contributed by atoms with Crippen molar-refractivity contribution in [3.8, 4) is 0 Å². The number of halogens is 1. The number of nitrogens with zero attached hydrogens (tertiary/aromatic N) is 2. The van der Waals surface area contributed by atoms with Crippen LogP contribution in [0.25, 0.3) is 0 Å². The van der Waals surface area contributed by atoms with Crippen LogP contribution < -0.4 is 5.32 Å². The average Bonchev–Trinajstić information content (AvgIpc) is 2.39. The van der Waals surface area contributed by atoms with E-state index in [4.69, 9.17) is 11.6 Å². The van der Waals surface area contributed by atoms with Crippen LogP contribution in [-0.2, 0) is 0 Å². The third-order valence-electron chi connectivity index (χ3n) is 2.55. The maximum atomic E-state index is 5.99. The zero-order valence-electron chi connectivity index (χ0n) is 9.60. The fourth-order valence-electron chi connectivity index (χ4n) is 1.61. The quantitative estimate of drug-likeness (QED) is 0.844. The molecule has 17 heavy (non-hydrogen) atoms. The summed E-state index contributed by atoms with van der Waals surface area (Å²) in [7, 11) is 0. The summed E-state index contributed by atoms with van der Waals surface area (Å²) in [6.45, 7) is 1.92. The highest BCUT2D eigenvalue weighted by Crippen LogP contribution is 2.20. The highest BCUT2D eigenvalue weighted by Gasteiger charge is 2.11. The molecular weight excluding hydrogens is 234 g/mol. The Kier molecular flexibility index (Phi) is 3.94. The van der Waals surface area contributed by atoms with Crippen LogP contribution in [0.3, 0.4) is 0 Å². The monoisotopic (exact) mass is 247 g/mol. The molecule has 1 unspecified atom stereocenters. The summed E-state index contributed by atoms with van der Waals surface area (Å²) in [5.74, 6) is 1.27. The molecule has 0 aliphatic heterocycles. The Hall–Kier alpha value is -1.61. The fourth-order valence-corrected chi connectivity index (χ4v) is 1.87. The Morgan fingerprint density at radius 1 is 1.18 bits per heavy atom. The molecule has 1 aromatic heterocycles. The topological polar surface area (TPSA) is 37.8 Å². The number of hydrogen-bond donors (Lipinski definition) is 1. The van der Waals surface area contributed by atoms with E-state index in [0.29, 0.717) is 5.88 Å². The lowest BCUT2D eigenvalue weighted by Gasteiger charge is -2.17. The van der Waals surface area contributed by atoms with Crippen molar-refractivity contribution in [3.05, 3.63) is 54.0 Å². The number of nitrogens with one attached hydrogen (secondary N) is 1. The molecule has 1 heterocycles. The number of aromatic nitrogens is 2. The van der Waals surface area contributed by atoms with Gasteiger partial charge in [-0.15, -0.1) is 11.6 Å². The third kappa shape index (κ3) is 2.94. The minimum atomic E-state index is 0.0493. The number of hydrogen-bond acceptors (Lipinski definition) is 3. The van der Waals surface area contributed by atoms with Crippen LogP contribution in [0.5, 0.6) is 0 Å². The first-order valence-electron chi connectivity index (χ1n) is 5.46. The maximum Gasteiger partial charge on any atom is 0.147 e. The van der Waals surface area contributed by atoms with Gasteiger partial charge >= 0.3 is 0 Å². The molecule has 1 aromatic carbocycles. The van der Waals surface area contributed by atoms with E-state index < -0.39 is 0 Å². The lowest BCUT2D eigenvalue weighted by Crippen LogP contribution is -2.14. The Morgan fingerprint density at radius 3 is 2.53 bits per heavy atom. The molecule has 0 aliphatic carbocycles. The summed E-state index contributed by atoms with van der Waals surface area (Å²) >= 11 is 5.99. The minimum absolute atomic E-state index is 0.0493. The number of aryl methyl sites for hydroxylation is 1. The summed E-state index contributed by atoms with van der Waals surface area (Å²) in [5.41, 5.74) is 2.02. The van der Waals surface area contributed by atoms with Gasteiger partial charge in [-0.1, -0.05) is 30.3 Å². The smallest absolute Gasteiger partial charge is 0.147 e. The molecule has 1 N–H and O–H groups in total. The second-order valence-corrected chi connectivity index (χ2v) is 4.06. The van der Waals surface area contributed by atoms with E-state index in [0.717, 1.165) is 17.1 Å². The molecule has 4 heteroatoms. The lowest BCUT2D eigenvalue weighted by atomic mass is 10.1. The van der Waals surface area contributed by atoms with Crippen molar-refractivity contribution in [2.75, 3.05) is 11.2 Å². The average molecular weight is 248 g/mol. The minimum Gasteiger partial charge on any atom is -0.361 e. The van der Waals surface area contributed by atoms with Crippen molar-refractivity contribution in [3.63, 3.8) is 0 Å². The highest BCUT2D eigenvalue weighted by molar-refractivity contribution is 6.18. The van der Waals surface area contributed by atoms with Crippen molar-refractivity contribution in [2.45, 2.75) is 13.0 Å². The van der Waals surface area contributed by atoms with Gasteiger partial charge in [-0.3, -0.25) is 4.98 Å². The maximum absolute atomic E-state index is 5.99. The molecule has 1 atom stereocenters. The van der Waals surface area contributed by atoms with Gasteiger partial charge < -0.3 is 5.32 Å². The lowest BCUT2D eigenvalue weighted by molar-refractivity contribution is 0.873. The van der Waals surface area contributed by atoms with Crippen molar-refractivity contribution < 1.29 is 0 Å². The first-order chi connectivity index (χ1) is 8.31. The van der Waals surface area contributed by atoms with Crippen LogP contribution in [-0.4, -0.2) is 15.8 Å². The second-order valence-electron chi connectivity index (χ2n) is 3.75. The SMILES string of the molecule is Cc1nccnc1NC(CCl)c1ccccc1. The van der Waals surface area contributed by atoms with Crippen LogP contribution in [0.1, 0.15) is 17.3 Å². The van der Waals surface area contributed by atoms with Crippen LogP contribution in [0.4, 0.5) is 5.82 Å². The summed E-state index contributed by atoms with van der Waals surface area (Å²) in [6.07, 6.45) is 3.35. The Morgan fingerprint density at radius 2 is 1.88 bits per heavy atom. The Labute approximate surface area is 106 Å². The van der Waals surface area contributed by atoms with Gasteiger partial charge in [0.05, 0.1) is 11.7 Å². The molecule has 0 radical (unpaired) electrons. The highest BCUT2D eigenvalue weighted by atomic mass is 35.5. The van der Waals surface area contributed by atoms with E-state index >= 15 is 0 Å². The molecule has 0 spiro atoms. The number of alkyl halides is 1. The van der Waals surface area contributed by atoms with Crippen molar-refractivity contribution in [1.82, 2.24) is 9.97 Å². The van der Waals surface area contributed by atoms with Gasteiger partial charge in [0.1, 0.15) is 5.82 Å². The normalized spacial score (nSPS) is 12.1. The molecule has 0 saturated carbocycles. The van der Waals surface area contributed by atoms with Crippen LogP contribution in [0.15, 0.2) is 42.7 Å². The number of rotatable bonds is 4. The van der Waals surface area contributed by atoms with Gasteiger partial charge in [-0.05, 0) is 12.5 Å². The number of anilines is 1. The Bertz CT molecular complexity index is 473. The zero-order chi connectivity index (χ0) is 12.1. The van der Waals surface area contributed by atoms with E-state index in [1.165, 1.54) is 0 Å². The molecule has 0 amide bonds. The van der Waals surface area contributed by atoms with Crippen molar-refractivity contribution in [1.29, 1.82) is 0 Å². The van der Waals surface area contributed by atoms with Gasteiger partial charge in [0.2, 0.25) is 0 Å². The standard InChI is InChI=1S/C13H14ClN3/c1-10-13(16-8-7-15-10)17-12(9-14)11-5-3-2-4-6-11/h2-8,12H,9H2,1H3,(H,16,17). The van der Waals surface area contributed by atoms with Crippen LogP contribution in [0.2, 0.25) is 0 Å². The third-order valence-corrected chi connectivity index (χ3v) is 2.86. The molecule has 0 fully saturated rings. The molecule has 2 aromatic rings. The molecule has 0 saturated heterocycles. The second kappa shape index (κ2) is 5.64. The van der Waals surface area contributed by atoms with E-state index in [2.05, 4.69) is 15.3 Å². The van der Waals surface area contributed by atoms with Gasteiger partial charge in [0.25, 0.3) is 0 Å². The molecule has 88 valence electrons. The summed E-state index contributed by atoms with van der Waals surface area (Å²) in [5, 5.41) is 3.31. The van der Waals surface area contributed by atoms with Crippen molar-refractivity contribution in [2.24, 2.45) is 0 Å². The molecule has 3 nitrogen and oxygen atoms in total. The molecule has 0 aliphatic rings. The number of benzene rings is 1. The molecule has 2 rings (SSSR count). The largest absolute Gasteiger partial charge is 0.361 e. The first-order valence-corrected chi connectivity index (χ1v) is 6.00. The van der Waals surface area contributed by atoms with E-state index in [-0.39, 0.29) is 6.04 Å². The zero-order valence-corrected chi connectivity index (χ0v) is 10.4. The van der Waals surface area contributed by atoms with Gasteiger partial charge in [0, 0.05) is 18.3 Å². The first kappa shape index (κ1) is 11.9. The van der Waals surface area contributed by atoms with Gasteiger partial charge in [-0.25, -0.2) is 4.98 Å². The molecule has 0 bridgehead atoms. The summed E-state index contributed by atoms with van der Waals surface area (Å²) in [6, 6.07) is 10.1. The summed E-state index contributed by atoms with van der Waals surface area (Å²) < 4.78 is 0. The van der Waals surface area contributed by atoms with Gasteiger partial charge in [0.15, 0.2) is 0 Å². The van der Waals surface area contributed by atoms with Crippen LogP contribution >= 0.6 is 11.6 Å². The fraction of sp³-hybridized carbons (Fsp3) is 0.231. The molecular formula is C13H14ClN3. The summed E-state index contributed by atoms with van der Waals surface area (Å²) in [4.78, 5) is 8.45. The van der Waals surface area contributed by atoms with Gasteiger partial charge in [-0.2, -0.15) is 0 Å². The van der Waals surface area contributed by atoms with E-state index in [9.17, 15) is 0 Å². The predicted octanol–water partition coefficient (Wildman–Crippen LogP) is 3.18.